The second-order valence-corrected chi connectivity index (χ2v) is 4.37. The van der Waals surface area contributed by atoms with Crippen LogP contribution in [0.1, 0.15) is 13.3 Å². The Morgan fingerprint density at radius 2 is 2.18 bits per heavy atom. The molecule has 2 unspecified atom stereocenters. The molecule has 7 heteroatoms. The fourth-order valence-electron chi connectivity index (χ4n) is 1.85. The Balaban J connectivity index is 2.10. The molecule has 1 aliphatic heterocycles. The lowest BCUT2D eigenvalue weighted by Gasteiger charge is -2.34. The van der Waals surface area contributed by atoms with Gasteiger partial charge in [0, 0.05) is 19.1 Å². The van der Waals surface area contributed by atoms with E-state index in [2.05, 4.69) is 16.9 Å². The number of nitrogens with two attached hydrogens (primary N) is 1. The third-order valence-electron chi connectivity index (χ3n) is 3.13. The van der Waals surface area contributed by atoms with Crippen molar-refractivity contribution in [1.82, 2.24) is 9.97 Å². The summed E-state index contributed by atoms with van der Waals surface area (Å²) in [7, 11) is 0. The van der Waals surface area contributed by atoms with Crippen LogP contribution in [-0.4, -0.2) is 34.0 Å². The first-order valence-corrected chi connectivity index (χ1v) is 5.55. The molecule has 0 amide bonds. The van der Waals surface area contributed by atoms with Crippen LogP contribution in [0, 0.1) is 16.0 Å². The highest BCUT2D eigenvalue weighted by molar-refractivity contribution is 5.34. The van der Waals surface area contributed by atoms with Crippen LogP contribution in [0.4, 0.5) is 11.6 Å². The molecular weight excluding hydrogens is 222 g/mol. The lowest BCUT2D eigenvalue weighted by molar-refractivity contribution is -0.385. The van der Waals surface area contributed by atoms with E-state index in [4.69, 9.17) is 5.73 Å². The Bertz CT molecular complexity index is 408. The minimum atomic E-state index is -0.506. The van der Waals surface area contributed by atoms with Gasteiger partial charge in [-0.15, -0.1) is 0 Å². The highest BCUT2D eigenvalue weighted by atomic mass is 16.6. The van der Waals surface area contributed by atoms with E-state index in [-0.39, 0.29) is 11.7 Å². The van der Waals surface area contributed by atoms with Crippen LogP contribution in [0.15, 0.2) is 12.4 Å². The SMILES string of the molecule is CC1CCN(c2ncc([N+](=O)[O-])cn2)CC1N. The number of rotatable bonds is 2. The van der Waals surface area contributed by atoms with Gasteiger partial charge >= 0.3 is 5.69 Å². The average Bonchev–Trinajstić information content (AvgIpc) is 2.33. The summed E-state index contributed by atoms with van der Waals surface area (Å²) < 4.78 is 0. The summed E-state index contributed by atoms with van der Waals surface area (Å²) in [5, 5.41) is 10.5. The molecule has 0 spiro atoms. The maximum Gasteiger partial charge on any atom is 0.305 e. The molecule has 1 aromatic heterocycles. The van der Waals surface area contributed by atoms with Gasteiger partial charge < -0.3 is 10.6 Å². The van der Waals surface area contributed by atoms with Crippen LogP contribution >= 0.6 is 0 Å². The monoisotopic (exact) mass is 237 g/mol. The molecule has 7 nitrogen and oxygen atoms in total. The molecule has 0 saturated carbocycles. The summed E-state index contributed by atoms with van der Waals surface area (Å²) in [5.41, 5.74) is 5.88. The summed E-state index contributed by atoms with van der Waals surface area (Å²) in [6.45, 7) is 3.66. The number of anilines is 1. The first kappa shape index (κ1) is 11.7. The van der Waals surface area contributed by atoms with Gasteiger partial charge in [0.2, 0.25) is 5.95 Å². The molecule has 17 heavy (non-hydrogen) atoms. The van der Waals surface area contributed by atoms with Gasteiger partial charge in [0.15, 0.2) is 0 Å². The third kappa shape index (κ3) is 2.50. The quantitative estimate of drug-likeness (QED) is 0.596. The van der Waals surface area contributed by atoms with Crippen molar-refractivity contribution < 1.29 is 4.92 Å². The Morgan fingerprint density at radius 3 is 2.71 bits per heavy atom. The standard InChI is InChI=1S/C10H15N5O2/c1-7-2-3-14(6-9(7)11)10-12-4-8(5-13-10)15(16)17/h4-5,7,9H,2-3,6,11H2,1H3. The van der Waals surface area contributed by atoms with Crippen molar-refractivity contribution in [2.75, 3.05) is 18.0 Å². The molecule has 0 radical (unpaired) electrons. The molecule has 2 atom stereocenters. The van der Waals surface area contributed by atoms with Crippen LogP contribution in [0.25, 0.3) is 0 Å². The number of hydrogen-bond acceptors (Lipinski definition) is 6. The maximum absolute atomic E-state index is 10.5. The van der Waals surface area contributed by atoms with E-state index >= 15 is 0 Å². The van der Waals surface area contributed by atoms with E-state index in [9.17, 15) is 10.1 Å². The zero-order valence-electron chi connectivity index (χ0n) is 9.61. The molecule has 1 saturated heterocycles. The summed E-state index contributed by atoms with van der Waals surface area (Å²) >= 11 is 0. The Morgan fingerprint density at radius 1 is 1.53 bits per heavy atom. The molecule has 2 heterocycles. The van der Waals surface area contributed by atoms with E-state index < -0.39 is 4.92 Å². The van der Waals surface area contributed by atoms with Crippen molar-refractivity contribution in [3.8, 4) is 0 Å². The molecule has 0 bridgehead atoms. The predicted molar refractivity (Wildman–Crippen MR) is 62.7 cm³/mol. The summed E-state index contributed by atoms with van der Waals surface area (Å²) in [5.74, 6) is 1.00. The van der Waals surface area contributed by atoms with Gasteiger partial charge in [-0.25, -0.2) is 9.97 Å². The second-order valence-electron chi connectivity index (χ2n) is 4.37. The molecule has 0 aromatic carbocycles. The maximum atomic E-state index is 10.5. The van der Waals surface area contributed by atoms with Gasteiger partial charge in [-0.05, 0) is 12.3 Å². The first-order chi connectivity index (χ1) is 8.08. The molecule has 92 valence electrons. The van der Waals surface area contributed by atoms with Crippen LogP contribution in [-0.2, 0) is 0 Å². The minimum Gasteiger partial charge on any atom is -0.339 e. The zero-order chi connectivity index (χ0) is 12.4. The summed E-state index contributed by atoms with van der Waals surface area (Å²) in [6, 6.07) is 0.0996. The van der Waals surface area contributed by atoms with E-state index in [0.29, 0.717) is 18.4 Å². The Labute approximate surface area is 98.8 Å². The summed E-state index contributed by atoms with van der Waals surface area (Å²) in [4.78, 5) is 19.9. The number of aromatic nitrogens is 2. The van der Waals surface area contributed by atoms with E-state index in [1.54, 1.807) is 0 Å². The van der Waals surface area contributed by atoms with Crippen LogP contribution in [0.5, 0.6) is 0 Å². The molecule has 0 aliphatic carbocycles. The lowest BCUT2D eigenvalue weighted by Crippen LogP contribution is -2.48. The van der Waals surface area contributed by atoms with Crippen molar-refractivity contribution >= 4 is 11.6 Å². The van der Waals surface area contributed by atoms with E-state index in [1.807, 2.05) is 4.90 Å². The topological polar surface area (TPSA) is 98.2 Å². The van der Waals surface area contributed by atoms with Gasteiger partial charge in [0.1, 0.15) is 12.4 Å². The fraction of sp³-hybridized carbons (Fsp3) is 0.600. The number of nitrogens with zero attached hydrogens (tertiary/aromatic N) is 4. The van der Waals surface area contributed by atoms with Crippen LogP contribution in [0.2, 0.25) is 0 Å². The number of hydrogen-bond donors (Lipinski definition) is 1. The molecular formula is C10H15N5O2. The third-order valence-corrected chi connectivity index (χ3v) is 3.13. The largest absolute Gasteiger partial charge is 0.339 e. The van der Waals surface area contributed by atoms with Gasteiger partial charge in [-0.3, -0.25) is 10.1 Å². The van der Waals surface area contributed by atoms with Crippen molar-refractivity contribution in [1.29, 1.82) is 0 Å². The fourth-order valence-corrected chi connectivity index (χ4v) is 1.85. The molecule has 1 aliphatic rings. The first-order valence-electron chi connectivity index (χ1n) is 5.55. The lowest BCUT2D eigenvalue weighted by atomic mass is 9.95. The Hall–Kier alpha value is -1.76. The van der Waals surface area contributed by atoms with Gasteiger partial charge in [0.25, 0.3) is 0 Å². The normalized spacial score (nSPS) is 24.7. The summed E-state index contributed by atoms with van der Waals surface area (Å²) in [6.07, 6.45) is 3.44. The molecule has 2 N–H and O–H groups in total. The average molecular weight is 237 g/mol. The van der Waals surface area contributed by atoms with Gasteiger partial charge in [-0.1, -0.05) is 6.92 Å². The predicted octanol–water partition coefficient (Wildman–Crippen LogP) is 0.558. The van der Waals surface area contributed by atoms with Crippen molar-refractivity contribution in [3.63, 3.8) is 0 Å². The molecule has 1 aromatic rings. The van der Waals surface area contributed by atoms with E-state index in [1.165, 1.54) is 12.4 Å². The minimum absolute atomic E-state index is 0.0941. The van der Waals surface area contributed by atoms with E-state index in [0.717, 1.165) is 13.0 Å². The van der Waals surface area contributed by atoms with Gasteiger partial charge in [-0.2, -0.15) is 0 Å². The number of nitro groups is 1. The second kappa shape index (κ2) is 4.62. The molecule has 1 fully saturated rings. The van der Waals surface area contributed by atoms with Gasteiger partial charge in [0.05, 0.1) is 4.92 Å². The highest BCUT2D eigenvalue weighted by Crippen LogP contribution is 2.20. The highest BCUT2D eigenvalue weighted by Gasteiger charge is 2.24. The number of piperidine rings is 1. The smallest absolute Gasteiger partial charge is 0.305 e. The molecule has 2 rings (SSSR count). The van der Waals surface area contributed by atoms with Crippen LogP contribution < -0.4 is 10.6 Å². The van der Waals surface area contributed by atoms with Crippen molar-refractivity contribution in [3.05, 3.63) is 22.5 Å². The Kier molecular flexibility index (Phi) is 3.19. The zero-order valence-corrected chi connectivity index (χ0v) is 9.61. The van der Waals surface area contributed by atoms with Crippen molar-refractivity contribution in [2.24, 2.45) is 11.7 Å². The van der Waals surface area contributed by atoms with Crippen molar-refractivity contribution in [2.45, 2.75) is 19.4 Å². The van der Waals surface area contributed by atoms with Crippen LogP contribution in [0.3, 0.4) is 0 Å².